The van der Waals surface area contributed by atoms with Gasteiger partial charge in [0, 0.05) is 28.7 Å². The van der Waals surface area contributed by atoms with Crippen LogP contribution in [0.1, 0.15) is 6.92 Å². The average molecular weight is 523 g/mol. The monoisotopic (exact) mass is 522 g/mol. The van der Waals surface area contributed by atoms with Crippen LogP contribution in [0.5, 0.6) is 11.5 Å². The number of aliphatic hydroxyl groups excluding tert-OH is 2. The lowest BCUT2D eigenvalue weighted by Gasteiger charge is -2.16. The first kappa shape index (κ1) is 26.3. The quantitative estimate of drug-likeness (QED) is 0.218. The first-order valence-corrected chi connectivity index (χ1v) is 13.3. The number of hydrogen-bond donors (Lipinski definition) is 4. The molecule has 194 valence electrons. The second-order valence-electron chi connectivity index (χ2n) is 8.71. The van der Waals surface area contributed by atoms with Crippen LogP contribution in [0.4, 0.5) is 11.4 Å². The van der Waals surface area contributed by atoms with Gasteiger partial charge in [-0.05, 0) is 67.6 Å². The number of fused-ring (bicyclic) bond motifs is 1. The maximum absolute atomic E-state index is 12.8. The van der Waals surface area contributed by atoms with Crippen LogP contribution in [0.3, 0.4) is 0 Å². The molecule has 4 aromatic carbocycles. The van der Waals surface area contributed by atoms with Crippen molar-refractivity contribution in [2.24, 2.45) is 0 Å². The maximum Gasteiger partial charge on any atom is 0.206 e. The summed E-state index contributed by atoms with van der Waals surface area (Å²) in [4.78, 5) is 0.338. The number of ether oxygens (including phenoxy) is 2. The molecule has 0 fully saturated rings. The van der Waals surface area contributed by atoms with Crippen molar-refractivity contribution >= 4 is 32.0 Å². The lowest BCUT2D eigenvalue weighted by molar-refractivity contribution is 0.118. The normalized spacial score (nSPS) is 13.2. The van der Waals surface area contributed by atoms with E-state index in [-0.39, 0.29) is 29.5 Å². The molecule has 0 aliphatic heterocycles. The van der Waals surface area contributed by atoms with Gasteiger partial charge in [0.1, 0.15) is 30.8 Å². The topological polar surface area (TPSA) is 131 Å². The summed E-state index contributed by atoms with van der Waals surface area (Å²) in [5.41, 5.74) is 6.81. The summed E-state index contributed by atoms with van der Waals surface area (Å²) in [7, 11) is -3.65. The first-order chi connectivity index (χ1) is 17.7. The van der Waals surface area contributed by atoms with E-state index in [1.807, 2.05) is 36.4 Å². The van der Waals surface area contributed by atoms with Gasteiger partial charge in [0.2, 0.25) is 9.84 Å². The van der Waals surface area contributed by atoms with Gasteiger partial charge in [0.25, 0.3) is 0 Å². The van der Waals surface area contributed by atoms with E-state index in [4.69, 9.17) is 15.2 Å². The Morgan fingerprint density at radius 2 is 1.30 bits per heavy atom. The molecule has 2 atom stereocenters. The van der Waals surface area contributed by atoms with Gasteiger partial charge in [-0.15, -0.1) is 0 Å². The number of rotatable bonds is 11. The van der Waals surface area contributed by atoms with E-state index in [1.165, 1.54) is 24.3 Å². The third-order valence-corrected chi connectivity index (χ3v) is 7.44. The van der Waals surface area contributed by atoms with Crippen molar-refractivity contribution in [3.05, 3.63) is 84.9 Å². The van der Waals surface area contributed by atoms with Gasteiger partial charge in [-0.1, -0.05) is 24.3 Å². The number of nitrogen functional groups attached to an aromatic ring is 1. The minimum Gasteiger partial charge on any atom is -0.490 e. The summed E-state index contributed by atoms with van der Waals surface area (Å²) in [6.07, 6.45) is -1.40. The van der Waals surface area contributed by atoms with E-state index in [0.717, 1.165) is 10.8 Å². The molecule has 0 bridgehead atoms. The molecule has 0 heterocycles. The minimum atomic E-state index is -3.65. The molecule has 4 rings (SSSR count). The van der Waals surface area contributed by atoms with Crippen molar-refractivity contribution in [1.82, 2.24) is 0 Å². The van der Waals surface area contributed by atoms with Crippen molar-refractivity contribution in [1.29, 1.82) is 0 Å². The Bertz CT molecular complexity index is 1440. The third kappa shape index (κ3) is 6.51. The van der Waals surface area contributed by atoms with E-state index in [1.54, 1.807) is 31.2 Å². The number of hydrogen-bond acceptors (Lipinski definition) is 8. The first-order valence-electron chi connectivity index (χ1n) is 11.8. The number of nitrogens with two attached hydrogens (primary N) is 1. The van der Waals surface area contributed by atoms with Gasteiger partial charge >= 0.3 is 0 Å². The van der Waals surface area contributed by atoms with Crippen LogP contribution in [0, 0.1) is 0 Å². The van der Waals surface area contributed by atoms with Gasteiger partial charge in [0.05, 0.1) is 15.9 Å². The van der Waals surface area contributed by atoms with Gasteiger partial charge < -0.3 is 30.7 Å². The third-order valence-electron chi connectivity index (χ3n) is 5.65. The zero-order chi connectivity index (χ0) is 26.4. The van der Waals surface area contributed by atoms with Gasteiger partial charge in [-0.3, -0.25) is 0 Å². The lowest BCUT2D eigenvalue weighted by Crippen LogP contribution is -2.26. The van der Waals surface area contributed by atoms with E-state index in [0.29, 0.717) is 22.9 Å². The van der Waals surface area contributed by atoms with Crippen molar-refractivity contribution in [2.75, 3.05) is 30.8 Å². The zero-order valence-electron chi connectivity index (χ0n) is 20.4. The summed E-state index contributed by atoms with van der Waals surface area (Å²) in [6, 6.07) is 23.6. The van der Waals surface area contributed by atoms with Crippen molar-refractivity contribution in [3.63, 3.8) is 0 Å². The van der Waals surface area contributed by atoms with Gasteiger partial charge in [0.15, 0.2) is 0 Å². The summed E-state index contributed by atoms with van der Waals surface area (Å²) in [6.45, 7) is 2.10. The SMILES string of the molecule is CC(O)COc1cccc2c(OCC(O)CNc3ccc(S(=O)(=O)c4ccc(N)cc4)cc3)cccc12. The molecule has 0 saturated heterocycles. The number of sulfone groups is 1. The fourth-order valence-corrected chi connectivity index (χ4v) is 4.99. The Morgan fingerprint density at radius 1 is 0.784 bits per heavy atom. The van der Waals surface area contributed by atoms with E-state index >= 15 is 0 Å². The molecule has 0 aromatic heterocycles. The summed E-state index contributed by atoms with van der Waals surface area (Å²) in [5.74, 6) is 1.25. The summed E-state index contributed by atoms with van der Waals surface area (Å²) >= 11 is 0. The molecule has 0 radical (unpaired) electrons. The largest absolute Gasteiger partial charge is 0.490 e. The maximum atomic E-state index is 12.8. The molecule has 5 N–H and O–H groups in total. The zero-order valence-corrected chi connectivity index (χ0v) is 21.2. The highest BCUT2D eigenvalue weighted by Crippen LogP contribution is 2.32. The van der Waals surface area contributed by atoms with Crippen LogP contribution in [-0.4, -0.2) is 50.6 Å². The molecular weight excluding hydrogens is 492 g/mol. The van der Waals surface area contributed by atoms with Crippen LogP contribution in [0.25, 0.3) is 10.8 Å². The van der Waals surface area contributed by atoms with Crippen molar-refractivity contribution in [3.8, 4) is 11.5 Å². The van der Waals surface area contributed by atoms with Crippen LogP contribution >= 0.6 is 0 Å². The molecule has 0 aliphatic carbocycles. The molecule has 0 aliphatic rings. The molecule has 4 aromatic rings. The average Bonchev–Trinajstić information content (AvgIpc) is 2.90. The predicted octanol–water partition coefficient (Wildman–Crippen LogP) is 3.87. The Balaban J connectivity index is 1.34. The molecule has 0 spiro atoms. The van der Waals surface area contributed by atoms with Crippen LogP contribution < -0.4 is 20.5 Å². The number of nitrogens with one attached hydrogen (secondary N) is 1. The standard InChI is InChI=1S/C28H30N2O6S/c1-19(31)17-35-27-6-2-5-26-25(27)4-3-7-28(26)36-18-22(32)16-30-21-10-14-24(15-11-21)37(33,34)23-12-8-20(29)9-13-23/h2-15,19,22,30-32H,16-18,29H2,1H3. The number of benzene rings is 4. The predicted molar refractivity (Wildman–Crippen MR) is 144 cm³/mol. The molecule has 8 nitrogen and oxygen atoms in total. The highest BCUT2D eigenvalue weighted by Gasteiger charge is 2.17. The van der Waals surface area contributed by atoms with Crippen LogP contribution in [0.15, 0.2) is 94.7 Å². The molecule has 37 heavy (non-hydrogen) atoms. The number of aliphatic hydroxyl groups is 2. The second kappa shape index (κ2) is 11.5. The molecular formula is C28H30N2O6S. The number of anilines is 2. The fourth-order valence-electron chi connectivity index (χ4n) is 3.73. The molecule has 0 amide bonds. The van der Waals surface area contributed by atoms with Crippen LogP contribution in [-0.2, 0) is 9.84 Å². The fraction of sp³-hybridized carbons (Fsp3) is 0.214. The second-order valence-corrected chi connectivity index (χ2v) is 10.7. The lowest BCUT2D eigenvalue weighted by atomic mass is 10.1. The smallest absolute Gasteiger partial charge is 0.206 e. The van der Waals surface area contributed by atoms with Crippen LogP contribution in [0.2, 0.25) is 0 Å². The van der Waals surface area contributed by atoms with Gasteiger partial charge in [-0.2, -0.15) is 0 Å². The molecule has 9 heteroatoms. The van der Waals surface area contributed by atoms with E-state index in [2.05, 4.69) is 5.32 Å². The Kier molecular flexibility index (Phi) is 8.17. The minimum absolute atomic E-state index is 0.0501. The Labute approximate surface area is 216 Å². The summed E-state index contributed by atoms with van der Waals surface area (Å²) in [5, 5.41) is 24.7. The van der Waals surface area contributed by atoms with Crippen molar-refractivity contribution in [2.45, 2.75) is 28.9 Å². The van der Waals surface area contributed by atoms with E-state index < -0.39 is 22.0 Å². The molecule has 2 unspecified atom stereocenters. The summed E-state index contributed by atoms with van der Waals surface area (Å²) < 4.78 is 37.2. The van der Waals surface area contributed by atoms with E-state index in [9.17, 15) is 18.6 Å². The van der Waals surface area contributed by atoms with Gasteiger partial charge in [-0.25, -0.2) is 8.42 Å². The molecule has 0 saturated carbocycles. The highest BCUT2D eigenvalue weighted by molar-refractivity contribution is 7.91. The van der Waals surface area contributed by atoms with Crippen molar-refractivity contribution < 1.29 is 28.1 Å². The Morgan fingerprint density at radius 3 is 1.84 bits per heavy atom. The highest BCUT2D eigenvalue weighted by atomic mass is 32.2. The Hall–Kier alpha value is -3.79.